The van der Waals surface area contributed by atoms with Gasteiger partial charge >= 0.3 is 0 Å². The van der Waals surface area contributed by atoms with Crippen molar-refractivity contribution < 1.29 is 5.11 Å². The maximum atomic E-state index is 10.2. The van der Waals surface area contributed by atoms with E-state index in [0.29, 0.717) is 5.41 Å². The van der Waals surface area contributed by atoms with Crippen LogP contribution in [0, 0.1) is 5.41 Å². The molecule has 3 heteroatoms. The average molecular weight is 248 g/mol. The van der Waals surface area contributed by atoms with E-state index in [4.69, 9.17) is 5.73 Å². The molecule has 3 N–H and O–H groups in total. The largest absolute Gasteiger partial charge is 0.399 e. The number of hydrogen-bond acceptors (Lipinski definition) is 3. The van der Waals surface area contributed by atoms with Crippen molar-refractivity contribution in [1.82, 2.24) is 4.90 Å². The predicted octanol–water partition coefficient (Wildman–Crippen LogP) is 2.42. The number of nitrogen functional groups attached to an aromatic ring is 1. The lowest BCUT2D eigenvalue weighted by Gasteiger charge is -2.37. The van der Waals surface area contributed by atoms with E-state index in [1.165, 1.54) is 12.8 Å². The number of benzene rings is 1. The van der Waals surface area contributed by atoms with E-state index in [9.17, 15) is 5.11 Å². The highest BCUT2D eigenvalue weighted by Gasteiger charge is 2.26. The molecule has 1 fully saturated rings. The zero-order valence-corrected chi connectivity index (χ0v) is 11.4. The van der Waals surface area contributed by atoms with Gasteiger partial charge in [-0.1, -0.05) is 26.0 Å². The summed E-state index contributed by atoms with van der Waals surface area (Å²) >= 11 is 0. The maximum Gasteiger partial charge on any atom is 0.0916 e. The summed E-state index contributed by atoms with van der Waals surface area (Å²) in [6.07, 6.45) is 2.01. The number of nitrogens with zero attached hydrogens (tertiary/aromatic N) is 1. The normalized spacial score (nSPS) is 21.7. The van der Waals surface area contributed by atoms with Crippen molar-refractivity contribution in [2.45, 2.75) is 32.8 Å². The molecule has 1 aromatic rings. The summed E-state index contributed by atoms with van der Waals surface area (Å²) in [4.78, 5) is 2.35. The van der Waals surface area contributed by atoms with Gasteiger partial charge < -0.3 is 15.7 Å². The minimum atomic E-state index is -0.410. The minimum absolute atomic E-state index is 0.410. The first kappa shape index (κ1) is 13.4. The van der Waals surface area contributed by atoms with Crippen molar-refractivity contribution in [2.75, 3.05) is 25.4 Å². The molecule has 3 nitrogen and oxygen atoms in total. The topological polar surface area (TPSA) is 49.5 Å². The molecule has 100 valence electrons. The summed E-state index contributed by atoms with van der Waals surface area (Å²) in [5, 5.41) is 10.2. The SMILES string of the molecule is CC1(C)CCN(CC(O)c2ccc(N)cc2)CC1. The summed E-state index contributed by atoms with van der Waals surface area (Å²) in [6, 6.07) is 7.51. The molecule has 1 aliphatic rings. The highest BCUT2D eigenvalue weighted by Crippen LogP contribution is 2.30. The van der Waals surface area contributed by atoms with Gasteiger partial charge in [-0.2, -0.15) is 0 Å². The number of aliphatic hydroxyl groups excluding tert-OH is 1. The fourth-order valence-corrected chi connectivity index (χ4v) is 2.41. The molecule has 1 atom stereocenters. The number of rotatable bonds is 3. The summed E-state index contributed by atoms with van der Waals surface area (Å²) in [6.45, 7) is 7.53. The Morgan fingerprint density at radius 2 is 1.78 bits per heavy atom. The fourth-order valence-electron chi connectivity index (χ4n) is 2.41. The van der Waals surface area contributed by atoms with E-state index in [1.807, 2.05) is 24.3 Å². The number of nitrogens with two attached hydrogens (primary N) is 1. The van der Waals surface area contributed by atoms with E-state index in [1.54, 1.807) is 0 Å². The van der Waals surface area contributed by atoms with Gasteiger partial charge in [0.2, 0.25) is 0 Å². The fraction of sp³-hybridized carbons (Fsp3) is 0.600. The lowest BCUT2D eigenvalue weighted by Crippen LogP contribution is -2.39. The maximum absolute atomic E-state index is 10.2. The van der Waals surface area contributed by atoms with E-state index in [2.05, 4.69) is 18.7 Å². The second-order valence-electron chi connectivity index (χ2n) is 6.15. The summed E-state index contributed by atoms with van der Waals surface area (Å²) in [5.74, 6) is 0. The Morgan fingerprint density at radius 1 is 1.22 bits per heavy atom. The minimum Gasteiger partial charge on any atom is -0.399 e. The van der Waals surface area contributed by atoms with Crippen LogP contribution in [-0.2, 0) is 0 Å². The Kier molecular flexibility index (Phi) is 3.93. The Balaban J connectivity index is 1.88. The highest BCUT2D eigenvalue weighted by atomic mass is 16.3. The second kappa shape index (κ2) is 5.29. The molecule has 1 aromatic carbocycles. The van der Waals surface area contributed by atoms with Gasteiger partial charge in [0, 0.05) is 12.2 Å². The molecule has 1 saturated heterocycles. The molecular weight excluding hydrogens is 224 g/mol. The standard InChI is InChI=1S/C15H24N2O/c1-15(2)7-9-17(10-8-15)11-14(18)12-3-5-13(16)6-4-12/h3-6,14,18H,7-11,16H2,1-2H3. The number of aliphatic hydroxyl groups is 1. The molecule has 0 spiro atoms. The molecule has 1 unspecified atom stereocenters. The zero-order chi connectivity index (χ0) is 13.2. The van der Waals surface area contributed by atoms with Crippen LogP contribution in [-0.4, -0.2) is 29.6 Å². The van der Waals surface area contributed by atoms with E-state index >= 15 is 0 Å². The number of anilines is 1. The van der Waals surface area contributed by atoms with Crippen molar-refractivity contribution in [2.24, 2.45) is 5.41 Å². The molecule has 0 radical (unpaired) electrons. The third-order valence-electron chi connectivity index (χ3n) is 3.96. The van der Waals surface area contributed by atoms with Gasteiger partial charge in [-0.25, -0.2) is 0 Å². The quantitative estimate of drug-likeness (QED) is 0.808. The molecule has 0 amide bonds. The highest BCUT2D eigenvalue weighted by molar-refractivity contribution is 5.39. The van der Waals surface area contributed by atoms with Crippen LogP contribution in [0.1, 0.15) is 38.4 Å². The zero-order valence-electron chi connectivity index (χ0n) is 11.4. The molecule has 0 bridgehead atoms. The molecule has 1 aliphatic heterocycles. The van der Waals surface area contributed by atoms with Crippen LogP contribution in [0.2, 0.25) is 0 Å². The van der Waals surface area contributed by atoms with Crippen molar-refractivity contribution in [3.8, 4) is 0 Å². The molecule has 18 heavy (non-hydrogen) atoms. The van der Waals surface area contributed by atoms with Gasteiger partial charge in [0.1, 0.15) is 0 Å². The van der Waals surface area contributed by atoms with Gasteiger partial charge in [0.15, 0.2) is 0 Å². The number of hydrogen-bond donors (Lipinski definition) is 2. The van der Waals surface area contributed by atoms with Crippen LogP contribution in [0.4, 0.5) is 5.69 Å². The number of piperidine rings is 1. The van der Waals surface area contributed by atoms with Crippen LogP contribution in [0.25, 0.3) is 0 Å². The monoisotopic (exact) mass is 248 g/mol. The number of β-amino-alcohol motifs (C(OH)–C–C–N with tert-alkyl or cyclic N) is 1. The van der Waals surface area contributed by atoms with Crippen LogP contribution in [0.5, 0.6) is 0 Å². The molecule has 0 aliphatic carbocycles. The Labute approximate surface area is 110 Å². The smallest absolute Gasteiger partial charge is 0.0916 e. The lowest BCUT2D eigenvalue weighted by molar-refractivity contribution is 0.0703. The molecule has 0 saturated carbocycles. The van der Waals surface area contributed by atoms with Gasteiger partial charge in [-0.3, -0.25) is 0 Å². The van der Waals surface area contributed by atoms with E-state index in [0.717, 1.165) is 30.9 Å². The van der Waals surface area contributed by atoms with Gasteiger partial charge in [-0.05, 0) is 49.0 Å². The van der Waals surface area contributed by atoms with Crippen LogP contribution in [0.3, 0.4) is 0 Å². The summed E-state index contributed by atoms with van der Waals surface area (Å²) in [5.41, 5.74) is 7.80. The van der Waals surface area contributed by atoms with Crippen LogP contribution in [0.15, 0.2) is 24.3 Å². The van der Waals surface area contributed by atoms with Crippen molar-refractivity contribution in [3.05, 3.63) is 29.8 Å². The van der Waals surface area contributed by atoms with Crippen molar-refractivity contribution >= 4 is 5.69 Å². The molecule has 1 heterocycles. The Hall–Kier alpha value is -1.06. The second-order valence-corrected chi connectivity index (χ2v) is 6.15. The first-order valence-corrected chi connectivity index (χ1v) is 6.72. The molecule has 2 rings (SSSR count). The van der Waals surface area contributed by atoms with Crippen LogP contribution >= 0.6 is 0 Å². The lowest BCUT2D eigenvalue weighted by atomic mass is 9.82. The Morgan fingerprint density at radius 3 is 2.33 bits per heavy atom. The van der Waals surface area contributed by atoms with Crippen LogP contribution < -0.4 is 5.73 Å². The Bertz CT molecular complexity index is 376. The van der Waals surface area contributed by atoms with E-state index < -0.39 is 6.10 Å². The molecule has 0 aromatic heterocycles. The average Bonchev–Trinajstić information content (AvgIpc) is 2.33. The first-order chi connectivity index (χ1) is 8.46. The molecular formula is C15H24N2O. The first-order valence-electron chi connectivity index (χ1n) is 6.72. The van der Waals surface area contributed by atoms with Crippen molar-refractivity contribution in [1.29, 1.82) is 0 Å². The number of likely N-dealkylation sites (tertiary alicyclic amines) is 1. The third-order valence-corrected chi connectivity index (χ3v) is 3.96. The summed E-state index contributed by atoms with van der Waals surface area (Å²) in [7, 11) is 0. The summed E-state index contributed by atoms with van der Waals surface area (Å²) < 4.78 is 0. The van der Waals surface area contributed by atoms with Gasteiger partial charge in [0.25, 0.3) is 0 Å². The van der Waals surface area contributed by atoms with Gasteiger partial charge in [-0.15, -0.1) is 0 Å². The third kappa shape index (κ3) is 3.47. The van der Waals surface area contributed by atoms with E-state index in [-0.39, 0.29) is 0 Å². The van der Waals surface area contributed by atoms with Gasteiger partial charge in [0.05, 0.1) is 6.10 Å². The predicted molar refractivity (Wildman–Crippen MR) is 75.3 cm³/mol. The van der Waals surface area contributed by atoms with Crippen molar-refractivity contribution in [3.63, 3.8) is 0 Å².